The number of benzene rings is 1. The van der Waals surface area contributed by atoms with E-state index in [1.165, 1.54) is 30.5 Å². The second-order valence-electron chi connectivity index (χ2n) is 6.88. The van der Waals surface area contributed by atoms with Crippen molar-refractivity contribution in [1.82, 2.24) is 15.0 Å². The first-order valence-electron chi connectivity index (χ1n) is 8.93. The summed E-state index contributed by atoms with van der Waals surface area (Å²) >= 11 is 0. The van der Waals surface area contributed by atoms with Crippen LogP contribution < -0.4 is 0 Å². The van der Waals surface area contributed by atoms with E-state index in [1.807, 2.05) is 12.4 Å². The van der Waals surface area contributed by atoms with Crippen LogP contribution >= 0.6 is 0 Å². The summed E-state index contributed by atoms with van der Waals surface area (Å²) in [6.45, 7) is 3.28. The van der Waals surface area contributed by atoms with Crippen LogP contribution in [-0.2, 0) is 13.0 Å². The van der Waals surface area contributed by atoms with Crippen LogP contribution in [-0.4, -0.2) is 28.1 Å². The SMILES string of the molecule is Fc1ccc2c(CCC3CCN(Cc4ccncc4)CC3)noc2c1. The highest BCUT2D eigenvalue weighted by Crippen LogP contribution is 2.26. The van der Waals surface area contributed by atoms with Crippen molar-refractivity contribution in [2.45, 2.75) is 32.2 Å². The summed E-state index contributed by atoms with van der Waals surface area (Å²) in [6, 6.07) is 8.83. The van der Waals surface area contributed by atoms with Crippen LogP contribution in [0.15, 0.2) is 47.2 Å². The fourth-order valence-corrected chi connectivity index (χ4v) is 3.66. The Hall–Kier alpha value is -2.27. The monoisotopic (exact) mass is 339 g/mol. The van der Waals surface area contributed by atoms with Crippen molar-refractivity contribution < 1.29 is 8.91 Å². The maximum atomic E-state index is 13.2. The van der Waals surface area contributed by atoms with Gasteiger partial charge in [-0.15, -0.1) is 0 Å². The van der Waals surface area contributed by atoms with E-state index in [0.717, 1.165) is 49.5 Å². The highest BCUT2D eigenvalue weighted by atomic mass is 19.1. The van der Waals surface area contributed by atoms with Crippen LogP contribution in [0, 0.1) is 11.7 Å². The minimum absolute atomic E-state index is 0.281. The average Bonchev–Trinajstić information content (AvgIpc) is 3.04. The van der Waals surface area contributed by atoms with Crippen LogP contribution in [0.4, 0.5) is 4.39 Å². The lowest BCUT2D eigenvalue weighted by atomic mass is 9.91. The van der Waals surface area contributed by atoms with E-state index in [4.69, 9.17) is 4.52 Å². The van der Waals surface area contributed by atoms with Gasteiger partial charge in [-0.2, -0.15) is 0 Å². The van der Waals surface area contributed by atoms with E-state index < -0.39 is 0 Å². The molecule has 0 atom stereocenters. The van der Waals surface area contributed by atoms with Gasteiger partial charge in [0, 0.05) is 30.4 Å². The molecule has 0 spiro atoms. The largest absolute Gasteiger partial charge is 0.356 e. The molecule has 0 bridgehead atoms. The van der Waals surface area contributed by atoms with Gasteiger partial charge >= 0.3 is 0 Å². The van der Waals surface area contributed by atoms with Crippen molar-refractivity contribution >= 4 is 11.0 Å². The number of piperidine rings is 1. The molecule has 1 saturated heterocycles. The van der Waals surface area contributed by atoms with Gasteiger partial charge in [-0.05, 0) is 74.5 Å². The zero-order valence-electron chi connectivity index (χ0n) is 14.2. The molecule has 5 heteroatoms. The van der Waals surface area contributed by atoms with Gasteiger partial charge in [0.25, 0.3) is 0 Å². The Morgan fingerprint density at radius 1 is 1.12 bits per heavy atom. The molecule has 1 fully saturated rings. The first-order valence-corrected chi connectivity index (χ1v) is 8.93. The zero-order chi connectivity index (χ0) is 17.1. The van der Waals surface area contributed by atoms with Crippen molar-refractivity contribution in [3.8, 4) is 0 Å². The minimum atomic E-state index is -0.281. The van der Waals surface area contributed by atoms with Gasteiger partial charge in [-0.3, -0.25) is 9.88 Å². The van der Waals surface area contributed by atoms with Crippen LogP contribution in [0.2, 0.25) is 0 Å². The standard InChI is InChI=1S/C20H22FN3O/c21-17-2-3-18-19(23-25-20(18)13-17)4-1-15-7-11-24(12-8-15)14-16-5-9-22-10-6-16/h2-3,5-6,9-10,13,15H,1,4,7-8,11-12,14H2. The molecule has 0 unspecified atom stereocenters. The number of likely N-dealkylation sites (tertiary alicyclic amines) is 1. The number of pyridine rings is 1. The van der Waals surface area contributed by atoms with E-state index in [2.05, 4.69) is 27.2 Å². The lowest BCUT2D eigenvalue weighted by Crippen LogP contribution is -2.33. The molecule has 1 aliphatic rings. The molecule has 0 aliphatic carbocycles. The fourth-order valence-electron chi connectivity index (χ4n) is 3.66. The molecule has 3 aromatic rings. The van der Waals surface area contributed by atoms with Gasteiger partial charge in [-0.1, -0.05) is 5.16 Å². The fraction of sp³-hybridized carbons (Fsp3) is 0.400. The van der Waals surface area contributed by atoms with Gasteiger partial charge in [-0.25, -0.2) is 4.39 Å². The second kappa shape index (κ2) is 7.31. The first-order chi connectivity index (χ1) is 12.3. The van der Waals surface area contributed by atoms with Gasteiger partial charge in [0.2, 0.25) is 0 Å². The summed E-state index contributed by atoms with van der Waals surface area (Å²) in [5, 5.41) is 5.07. The highest BCUT2D eigenvalue weighted by molar-refractivity contribution is 5.79. The van der Waals surface area contributed by atoms with Crippen LogP contribution in [0.1, 0.15) is 30.5 Å². The summed E-state index contributed by atoms with van der Waals surface area (Å²) in [5.74, 6) is 0.442. The number of nitrogens with zero attached hydrogens (tertiary/aromatic N) is 3. The van der Waals surface area contributed by atoms with Crippen LogP contribution in [0.25, 0.3) is 11.0 Å². The second-order valence-corrected chi connectivity index (χ2v) is 6.88. The number of hydrogen-bond acceptors (Lipinski definition) is 4. The maximum absolute atomic E-state index is 13.2. The van der Waals surface area contributed by atoms with Crippen LogP contribution in [0.3, 0.4) is 0 Å². The summed E-state index contributed by atoms with van der Waals surface area (Å²) in [6.07, 6.45) is 8.16. The van der Waals surface area contributed by atoms with Gasteiger partial charge in [0.1, 0.15) is 5.82 Å². The predicted molar refractivity (Wildman–Crippen MR) is 94.5 cm³/mol. The molecule has 0 saturated carbocycles. The topological polar surface area (TPSA) is 42.2 Å². The third-order valence-corrected chi connectivity index (χ3v) is 5.16. The molecule has 2 aromatic heterocycles. The Morgan fingerprint density at radius 3 is 2.72 bits per heavy atom. The van der Waals surface area contributed by atoms with Crippen molar-refractivity contribution in [2.24, 2.45) is 5.92 Å². The van der Waals surface area contributed by atoms with Gasteiger partial charge in [0.05, 0.1) is 5.69 Å². The molecule has 0 N–H and O–H groups in total. The number of hydrogen-bond donors (Lipinski definition) is 0. The molecule has 3 heterocycles. The number of fused-ring (bicyclic) bond motifs is 1. The Balaban J connectivity index is 1.28. The molecule has 1 aliphatic heterocycles. The van der Waals surface area contributed by atoms with Crippen molar-refractivity contribution in [3.63, 3.8) is 0 Å². The van der Waals surface area contributed by atoms with Gasteiger partial charge in [0.15, 0.2) is 5.58 Å². The molecular weight excluding hydrogens is 317 g/mol. The first kappa shape index (κ1) is 16.2. The quantitative estimate of drug-likeness (QED) is 0.698. The third-order valence-electron chi connectivity index (χ3n) is 5.16. The third kappa shape index (κ3) is 3.87. The Kier molecular flexibility index (Phi) is 4.74. The molecule has 25 heavy (non-hydrogen) atoms. The number of aromatic nitrogens is 2. The lowest BCUT2D eigenvalue weighted by Gasteiger charge is -2.31. The number of halogens is 1. The molecular formula is C20H22FN3O. The van der Waals surface area contributed by atoms with Crippen molar-refractivity contribution in [2.75, 3.05) is 13.1 Å². The Morgan fingerprint density at radius 2 is 1.92 bits per heavy atom. The zero-order valence-corrected chi connectivity index (χ0v) is 14.2. The lowest BCUT2D eigenvalue weighted by molar-refractivity contribution is 0.172. The molecule has 4 rings (SSSR count). The molecule has 0 radical (unpaired) electrons. The highest BCUT2D eigenvalue weighted by Gasteiger charge is 2.20. The van der Waals surface area contributed by atoms with Gasteiger partial charge < -0.3 is 4.52 Å². The van der Waals surface area contributed by atoms with E-state index >= 15 is 0 Å². The molecule has 4 nitrogen and oxygen atoms in total. The van der Waals surface area contributed by atoms with E-state index in [9.17, 15) is 4.39 Å². The van der Waals surface area contributed by atoms with Crippen LogP contribution in [0.5, 0.6) is 0 Å². The van der Waals surface area contributed by atoms with E-state index in [0.29, 0.717) is 5.58 Å². The molecule has 1 aromatic carbocycles. The predicted octanol–water partition coefficient (Wildman–Crippen LogP) is 4.21. The maximum Gasteiger partial charge on any atom is 0.170 e. The summed E-state index contributed by atoms with van der Waals surface area (Å²) in [7, 11) is 0. The Bertz CT molecular complexity index is 825. The smallest absolute Gasteiger partial charge is 0.170 e. The molecule has 130 valence electrons. The normalized spacial score (nSPS) is 16.5. The minimum Gasteiger partial charge on any atom is -0.356 e. The Labute approximate surface area is 146 Å². The average molecular weight is 339 g/mol. The van der Waals surface area contributed by atoms with E-state index in [1.54, 1.807) is 6.07 Å². The summed E-state index contributed by atoms with van der Waals surface area (Å²) < 4.78 is 18.5. The van der Waals surface area contributed by atoms with E-state index in [-0.39, 0.29) is 5.82 Å². The summed E-state index contributed by atoms with van der Waals surface area (Å²) in [4.78, 5) is 6.59. The van der Waals surface area contributed by atoms with Crippen molar-refractivity contribution in [1.29, 1.82) is 0 Å². The molecule has 0 amide bonds. The number of rotatable bonds is 5. The van der Waals surface area contributed by atoms with Crippen molar-refractivity contribution in [3.05, 3.63) is 59.8 Å². The number of aryl methyl sites for hydroxylation is 1. The summed E-state index contributed by atoms with van der Waals surface area (Å²) in [5.41, 5.74) is 2.83.